The van der Waals surface area contributed by atoms with Crippen LogP contribution in [-0.4, -0.2) is 48.5 Å². The smallest absolute Gasteiger partial charge is 0.338 e. The average molecular weight is 426 g/mol. The summed E-state index contributed by atoms with van der Waals surface area (Å²) in [6.07, 6.45) is 0. The van der Waals surface area contributed by atoms with Crippen LogP contribution < -0.4 is 4.90 Å². The molecule has 1 amide bonds. The number of benzene rings is 2. The summed E-state index contributed by atoms with van der Waals surface area (Å²) in [5, 5.41) is 0.852. The first kappa shape index (κ1) is 21.8. The molecule has 2 aromatic carbocycles. The van der Waals surface area contributed by atoms with Gasteiger partial charge in [0.05, 0.1) is 21.8 Å². The van der Waals surface area contributed by atoms with Crippen molar-refractivity contribution >= 4 is 39.1 Å². The third-order valence-corrected chi connectivity index (χ3v) is 6.41. The number of esters is 1. The summed E-state index contributed by atoms with van der Waals surface area (Å²) < 4.78 is 6.33. The van der Waals surface area contributed by atoms with Crippen LogP contribution in [0.1, 0.15) is 42.2 Å². The summed E-state index contributed by atoms with van der Waals surface area (Å²) in [5.41, 5.74) is 2.40. The molecule has 1 atom stereocenters. The minimum Gasteiger partial charge on any atom is -0.452 e. The molecule has 3 aromatic rings. The van der Waals surface area contributed by atoms with Crippen LogP contribution in [0, 0.1) is 0 Å². The van der Waals surface area contributed by atoms with E-state index in [-0.39, 0.29) is 18.6 Å². The second-order valence-corrected chi connectivity index (χ2v) is 8.06. The third-order valence-electron chi connectivity index (χ3n) is 5.20. The molecule has 0 bridgehead atoms. The maximum absolute atomic E-state index is 12.5. The monoisotopic (exact) mass is 425 g/mol. The van der Waals surface area contributed by atoms with Gasteiger partial charge < -0.3 is 14.5 Å². The van der Waals surface area contributed by atoms with Crippen LogP contribution in [-0.2, 0) is 9.53 Å². The standard InChI is InChI=1S/C23H27N3O3S/c1-5-26(6-2)18-13-11-17(12-14-18)23(28)29-15-21(27)25(4)16(3)22-24-19-9-7-8-10-20(19)30-22/h7-14,16H,5-6,15H2,1-4H3/t16-/m1/s1. The van der Waals surface area contributed by atoms with E-state index < -0.39 is 5.97 Å². The zero-order chi connectivity index (χ0) is 21.7. The van der Waals surface area contributed by atoms with Gasteiger partial charge in [-0.1, -0.05) is 12.1 Å². The predicted octanol–water partition coefficient (Wildman–Crippen LogP) is 4.52. The van der Waals surface area contributed by atoms with E-state index in [2.05, 4.69) is 23.7 Å². The van der Waals surface area contributed by atoms with Crippen molar-refractivity contribution in [2.24, 2.45) is 0 Å². The van der Waals surface area contributed by atoms with E-state index in [1.165, 1.54) is 0 Å². The molecule has 30 heavy (non-hydrogen) atoms. The number of anilines is 1. The molecule has 0 N–H and O–H groups in total. The van der Waals surface area contributed by atoms with Gasteiger partial charge in [0.15, 0.2) is 6.61 Å². The Balaban J connectivity index is 1.58. The van der Waals surface area contributed by atoms with Gasteiger partial charge in [0.25, 0.3) is 5.91 Å². The molecule has 6 nitrogen and oxygen atoms in total. The topological polar surface area (TPSA) is 62.7 Å². The maximum atomic E-state index is 12.5. The number of carbonyl (C=O) groups excluding carboxylic acids is 2. The second-order valence-electron chi connectivity index (χ2n) is 7.00. The van der Waals surface area contributed by atoms with Crippen molar-refractivity contribution in [3.8, 4) is 0 Å². The fourth-order valence-electron chi connectivity index (χ4n) is 3.16. The Kier molecular flexibility index (Phi) is 7.05. The van der Waals surface area contributed by atoms with E-state index in [4.69, 9.17) is 4.74 Å². The highest BCUT2D eigenvalue weighted by Gasteiger charge is 2.22. The molecule has 0 aliphatic rings. The number of nitrogens with zero attached hydrogens (tertiary/aromatic N) is 3. The van der Waals surface area contributed by atoms with Crippen LogP contribution >= 0.6 is 11.3 Å². The SMILES string of the molecule is CCN(CC)c1ccc(C(=O)OCC(=O)N(C)[C@H](C)c2nc3ccccc3s2)cc1. The van der Waals surface area contributed by atoms with E-state index in [0.29, 0.717) is 5.56 Å². The lowest BCUT2D eigenvalue weighted by Gasteiger charge is -2.23. The van der Waals surface area contributed by atoms with Crippen molar-refractivity contribution < 1.29 is 14.3 Å². The molecule has 1 aromatic heterocycles. The Hall–Kier alpha value is -2.93. The molecule has 0 saturated heterocycles. The number of aromatic nitrogens is 1. The minimum absolute atomic E-state index is 0.207. The number of carbonyl (C=O) groups is 2. The summed E-state index contributed by atoms with van der Waals surface area (Å²) in [7, 11) is 1.70. The fraction of sp³-hybridized carbons (Fsp3) is 0.348. The first-order valence-electron chi connectivity index (χ1n) is 10.1. The highest BCUT2D eigenvalue weighted by atomic mass is 32.1. The zero-order valence-electron chi connectivity index (χ0n) is 17.8. The number of thiazole rings is 1. The molecule has 7 heteroatoms. The van der Waals surface area contributed by atoms with Crippen molar-refractivity contribution in [2.45, 2.75) is 26.8 Å². The number of amides is 1. The fourth-order valence-corrected chi connectivity index (χ4v) is 4.22. The van der Waals surface area contributed by atoms with E-state index in [0.717, 1.165) is 34.0 Å². The molecule has 0 aliphatic heterocycles. The molecule has 0 unspecified atom stereocenters. The zero-order valence-corrected chi connectivity index (χ0v) is 18.6. The number of para-hydroxylation sites is 1. The van der Waals surface area contributed by atoms with Gasteiger partial charge in [-0.2, -0.15) is 0 Å². The molecular weight excluding hydrogens is 398 g/mol. The predicted molar refractivity (Wildman–Crippen MR) is 121 cm³/mol. The van der Waals surface area contributed by atoms with Gasteiger partial charge in [-0.25, -0.2) is 9.78 Å². The van der Waals surface area contributed by atoms with E-state index >= 15 is 0 Å². The highest BCUT2D eigenvalue weighted by molar-refractivity contribution is 7.18. The summed E-state index contributed by atoms with van der Waals surface area (Å²) in [4.78, 5) is 33.2. The number of hydrogen-bond acceptors (Lipinski definition) is 6. The molecule has 0 fully saturated rings. The summed E-state index contributed by atoms with van der Waals surface area (Å²) in [6, 6.07) is 14.9. The molecular formula is C23H27N3O3S. The van der Waals surface area contributed by atoms with Crippen LogP contribution in [0.4, 0.5) is 5.69 Å². The maximum Gasteiger partial charge on any atom is 0.338 e. The number of rotatable bonds is 8. The first-order chi connectivity index (χ1) is 14.4. The number of likely N-dealkylation sites (N-methyl/N-ethyl adjacent to an activating group) is 1. The quantitative estimate of drug-likeness (QED) is 0.497. The molecule has 0 radical (unpaired) electrons. The summed E-state index contributed by atoms with van der Waals surface area (Å²) in [5.74, 6) is -0.773. The summed E-state index contributed by atoms with van der Waals surface area (Å²) in [6.45, 7) is 7.58. The minimum atomic E-state index is -0.504. The van der Waals surface area contributed by atoms with Gasteiger partial charge >= 0.3 is 5.97 Å². The Morgan fingerprint density at radius 3 is 2.37 bits per heavy atom. The van der Waals surface area contributed by atoms with Crippen LogP contribution in [0.25, 0.3) is 10.2 Å². The molecule has 1 heterocycles. The Bertz CT molecular complexity index is 979. The van der Waals surface area contributed by atoms with Crippen LogP contribution in [0.3, 0.4) is 0 Å². The van der Waals surface area contributed by atoms with Gasteiger partial charge in [-0.05, 0) is 57.2 Å². The lowest BCUT2D eigenvalue weighted by atomic mass is 10.2. The van der Waals surface area contributed by atoms with E-state index in [9.17, 15) is 9.59 Å². The lowest BCUT2D eigenvalue weighted by molar-refractivity contribution is -0.135. The first-order valence-corrected chi connectivity index (χ1v) is 10.9. The van der Waals surface area contributed by atoms with Crippen LogP contribution in [0.2, 0.25) is 0 Å². The molecule has 0 aliphatic carbocycles. The van der Waals surface area contributed by atoms with Crippen molar-refractivity contribution in [1.82, 2.24) is 9.88 Å². The molecule has 0 saturated carbocycles. The highest BCUT2D eigenvalue weighted by Crippen LogP contribution is 2.28. The lowest BCUT2D eigenvalue weighted by Crippen LogP contribution is -2.33. The van der Waals surface area contributed by atoms with Crippen LogP contribution in [0.15, 0.2) is 48.5 Å². The van der Waals surface area contributed by atoms with Gasteiger partial charge in [-0.3, -0.25) is 4.79 Å². The van der Waals surface area contributed by atoms with Crippen molar-refractivity contribution in [2.75, 3.05) is 31.6 Å². The van der Waals surface area contributed by atoms with E-state index in [1.54, 1.807) is 35.4 Å². The van der Waals surface area contributed by atoms with E-state index in [1.807, 2.05) is 43.3 Å². The number of fused-ring (bicyclic) bond motifs is 1. The number of ether oxygens (including phenoxy) is 1. The number of hydrogen-bond donors (Lipinski definition) is 0. The van der Waals surface area contributed by atoms with Gasteiger partial charge in [0.2, 0.25) is 0 Å². The van der Waals surface area contributed by atoms with Gasteiger partial charge in [-0.15, -0.1) is 11.3 Å². The van der Waals surface area contributed by atoms with Crippen molar-refractivity contribution in [3.63, 3.8) is 0 Å². The van der Waals surface area contributed by atoms with Crippen molar-refractivity contribution in [3.05, 3.63) is 59.1 Å². The third kappa shape index (κ3) is 4.79. The molecule has 158 valence electrons. The Labute approximate surface area is 181 Å². The molecule has 3 rings (SSSR count). The van der Waals surface area contributed by atoms with Gasteiger partial charge in [0, 0.05) is 25.8 Å². The Morgan fingerprint density at radius 2 is 1.73 bits per heavy atom. The van der Waals surface area contributed by atoms with Crippen LogP contribution in [0.5, 0.6) is 0 Å². The second kappa shape index (κ2) is 9.71. The summed E-state index contributed by atoms with van der Waals surface area (Å²) >= 11 is 1.56. The average Bonchev–Trinajstić information content (AvgIpc) is 3.21. The molecule has 0 spiro atoms. The van der Waals surface area contributed by atoms with Gasteiger partial charge in [0.1, 0.15) is 5.01 Å². The Morgan fingerprint density at radius 1 is 1.07 bits per heavy atom. The van der Waals surface area contributed by atoms with Crippen molar-refractivity contribution in [1.29, 1.82) is 0 Å². The normalized spacial score (nSPS) is 11.9. The largest absolute Gasteiger partial charge is 0.452 e.